The summed E-state index contributed by atoms with van der Waals surface area (Å²) in [6, 6.07) is 2.78. The molecule has 0 radical (unpaired) electrons. The molecule has 1 aromatic rings. The standard InChI is InChI=1S/C15H27N5/c1-4-16-15-18-12(2)11-14(19-15)17-9-10-20(3)13-7-5-6-8-13/h11,13H,4-10H2,1-3H3,(H2,16,17,18,19). The van der Waals surface area contributed by atoms with Crippen molar-refractivity contribution >= 4 is 11.8 Å². The lowest BCUT2D eigenvalue weighted by atomic mass is 10.2. The maximum Gasteiger partial charge on any atom is 0.224 e. The first-order valence-corrected chi connectivity index (χ1v) is 7.72. The van der Waals surface area contributed by atoms with Crippen molar-refractivity contribution in [1.29, 1.82) is 0 Å². The van der Waals surface area contributed by atoms with Crippen LogP contribution in [-0.4, -0.2) is 47.6 Å². The number of anilines is 2. The number of hydrogen-bond acceptors (Lipinski definition) is 5. The molecule has 1 aliphatic rings. The summed E-state index contributed by atoms with van der Waals surface area (Å²) in [5.41, 5.74) is 0.989. The maximum atomic E-state index is 4.47. The van der Waals surface area contributed by atoms with Gasteiger partial charge in [0.1, 0.15) is 5.82 Å². The fourth-order valence-electron chi connectivity index (χ4n) is 2.78. The number of likely N-dealkylation sites (N-methyl/N-ethyl adjacent to an activating group) is 1. The third kappa shape index (κ3) is 4.34. The summed E-state index contributed by atoms with van der Waals surface area (Å²) >= 11 is 0. The highest BCUT2D eigenvalue weighted by molar-refractivity contribution is 5.42. The van der Waals surface area contributed by atoms with Crippen LogP contribution >= 0.6 is 0 Å². The van der Waals surface area contributed by atoms with Crippen LogP contribution in [0.25, 0.3) is 0 Å². The van der Waals surface area contributed by atoms with Crippen LogP contribution in [0, 0.1) is 6.92 Å². The predicted octanol–water partition coefficient (Wildman–Crippen LogP) is 2.50. The first-order valence-electron chi connectivity index (χ1n) is 7.72. The van der Waals surface area contributed by atoms with Crippen LogP contribution in [0.4, 0.5) is 11.8 Å². The summed E-state index contributed by atoms with van der Waals surface area (Å²) in [6.45, 7) is 6.88. The molecule has 0 atom stereocenters. The molecular weight excluding hydrogens is 250 g/mol. The Hall–Kier alpha value is -1.36. The summed E-state index contributed by atoms with van der Waals surface area (Å²) in [5.74, 6) is 1.62. The van der Waals surface area contributed by atoms with Crippen molar-refractivity contribution in [2.75, 3.05) is 37.3 Å². The Morgan fingerprint density at radius 1 is 1.25 bits per heavy atom. The van der Waals surface area contributed by atoms with E-state index in [2.05, 4.69) is 39.5 Å². The molecule has 5 heteroatoms. The van der Waals surface area contributed by atoms with E-state index in [0.29, 0.717) is 5.95 Å². The van der Waals surface area contributed by atoms with Gasteiger partial charge in [-0.15, -0.1) is 0 Å². The summed E-state index contributed by atoms with van der Waals surface area (Å²) < 4.78 is 0. The molecule has 0 aromatic carbocycles. The molecule has 0 amide bonds. The van der Waals surface area contributed by atoms with Crippen molar-refractivity contribution in [3.05, 3.63) is 11.8 Å². The smallest absolute Gasteiger partial charge is 0.224 e. The molecule has 0 unspecified atom stereocenters. The molecule has 1 aromatic heterocycles. The molecule has 5 nitrogen and oxygen atoms in total. The zero-order valence-electron chi connectivity index (χ0n) is 12.9. The number of aryl methyl sites for hydroxylation is 1. The normalized spacial score (nSPS) is 15.8. The van der Waals surface area contributed by atoms with E-state index in [4.69, 9.17) is 0 Å². The van der Waals surface area contributed by atoms with Gasteiger partial charge in [-0.1, -0.05) is 12.8 Å². The van der Waals surface area contributed by atoms with Gasteiger partial charge in [-0.25, -0.2) is 4.98 Å². The van der Waals surface area contributed by atoms with Crippen LogP contribution < -0.4 is 10.6 Å². The monoisotopic (exact) mass is 277 g/mol. The largest absolute Gasteiger partial charge is 0.369 e. The van der Waals surface area contributed by atoms with Gasteiger partial charge in [0.15, 0.2) is 0 Å². The number of nitrogens with zero attached hydrogens (tertiary/aromatic N) is 3. The van der Waals surface area contributed by atoms with Gasteiger partial charge in [0.05, 0.1) is 0 Å². The van der Waals surface area contributed by atoms with Gasteiger partial charge in [0.2, 0.25) is 5.95 Å². The summed E-state index contributed by atoms with van der Waals surface area (Å²) in [6.07, 6.45) is 5.49. The number of rotatable bonds is 7. The molecule has 20 heavy (non-hydrogen) atoms. The summed E-state index contributed by atoms with van der Waals surface area (Å²) in [7, 11) is 2.23. The maximum absolute atomic E-state index is 4.47. The average Bonchev–Trinajstić information content (AvgIpc) is 2.92. The van der Waals surface area contributed by atoms with Crippen molar-refractivity contribution < 1.29 is 0 Å². The average molecular weight is 277 g/mol. The number of hydrogen-bond donors (Lipinski definition) is 2. The van der Waals surface area contributed by atoms with Crippen LogP contribution in [0.15, 0.2) is 6.07 Å². The SMILES string of the molecule is CCNc1nc(C)cc(NCCN(C)C2CCCC2)n1. The highest BCUT2D eigenvalue weighted by Gasteiger charge is 2.18. The van der Waals surface area contributed by atoms with Crippen LogP contribution in [0.1, 0.15) is 38.3 Å². The van der Waals surface area contributed by atoms with Crippen LogP contribution in [0.2, 0.25) is 0 Å². The zero-order valence-corrected chi connectivity index (χ0v) is 12.9. The molecule has 0 saturated heterocycles. The van der Waals surface area contributed by atoms with Crippen molar-refractivity contribution in [2.24, 2.45) is 0 Å². The highest BCUT2D eigenvalue weighted by atomic mass is 15.2. The van der Waals surface area contributed by atoms with E-state index >= 15 is 0 Å². The van der Waals surface area contributed by atoms with Crippen molar-refractivity contribution in [2.45, 2.75) is 45.6 Å². The van der Waals surface area contributed by atoms with Crippen LogP contribution in [-0.2, 0) is 0 Å². The second-order valence-corrected chi connectivity index (χ2v) is 5.59. The van der Waals surface area contributed by atoms with Crippen molar-refractivity contribution in [3.8, 4) is 0 Å². The molecule has 0 spiro atoms. The third-order valence-corrected chi connectivity index (χ3v) is 3.91. The Morgan fingerprint density at radius 3 is 2.70 bits per heavy atom. The van der Waals surface area contributed by atoms with Gasteiger partial charge in [0.25, 0.3) is 0 Å². The first-order chi connectivity index (χ1) is 9.69. The lowest BCUT2D eigenvalue weighted by Crippen LogP contribution is -2.33. The Bertz CT molecular complexity index is 415. The fourth-order valence-corrected chi connectivity index (χ4v) is 2.78. The molecule has 0 bridgehead atoms. The molecule has 2 rings (SSSR count). The van der Waals surface area contributed by atoms with Gasteiger partial charge < -0.3 is 15.5 Å². The second-order valence-electron chi connectivity index (χ2n) is 5.59. The van der Waals surface area contributed by atoms with Crippen LogP contribution in [0.3, 0.4) is 0 Å². The molecule has 1 aliphatic carbocycles. The highest BCUT2D eigenvalue weighted by Crippen LogP contribution is 2.22. The topological polar surface area (TPSA) is 53.1 Å². The Labute approximate surface area is 122 Å². The molecule has 1 fully saturated rings. The van der Waals surface area contributed by atoms with Gasteiger partial charge in [-0.2, -0.15) is 4.98 Å². The van der Waals surface area contributed by atoms with Gasteiger partial charge in [0, 0.05) is 37.4 Å². The quantitative estimate of drug-likeness (QED) is 0.802. The molecule has 112 valence electrons. The van der Waals surface area contributed by atoms with E-state index in [-0.39, 0.29) is 0 Å². The van der Waals surface area contributed by atoms with Gasteiger partial charge >= 0.3 is 0 Å². The minimum absolute atomic E-state index is 0.708. The Kier molecular flexibility index (Phi) is 5.59. The van der Waals surface area contributed by atoms with E-state index < -0.39 is 0 Å². The lowest BCUT2D eigenvalue weighted by Gasteiger charge is -2.24. The Morgan fingerprint density at radius 2 is 2.00 bits per heavy atom. The summed E-state index contributed by atoms with van der Waals surface area (Å²) in [5, 5.41) is 6.57. The van der Waals surface area contributed by atoms with E-state index in [1.165, 1.54) is 25.7 Å². The summed E-state index contributed by atoms with van der Waals surface area (Å²) in [4.78, 5) is 11.3. The molecule has 0 aliphatic heterocycles. The van der Waals surface area contributed by atoms with E-state index in [1.807, 2.05) is 13.0 Å². The van der Waals surface area contributed by atoms with Crippen molar-refractivity contribution in [3.63, 3.8) is 0 Å². The van der Waals surface area contributed by atoms with E-state index in [9.17, 15) is 0 Å². The van der Waals surface area contributed by atoms with Crippen molar-refractivity contribution in [1.82, 2.24) is 14.9 Å². The fraction of sp³-hybridized carbons (Fsp3) is 0.733. The first kappa shape index (κ1) is 15.0. The zero-order chi connectivity index (χ0) is 14.4. The van der Waals surface area contributed by atoms with Gasteiger partial charge in [-0.3, -0.25) is 0 Å². The van der Waals surface area contributed by atoms with E-state index in [1.54, 1.807) is 0 Å². The van der Waals surface area contributed by atoms with E-state index in [0.717, 1.165) is 37.2 Å². The molecule has 1 heterocycles. The molecule has 2 N–H and O–H groups in total. The molecular formula is C15H27N5. The van der Waals surface area contributed by atoms with Crippen LogP contribution in [0.5, 0.6) is 0 Å². The minimum atomic E-state index is 0.708. The second kappa shape index (κ2) is 7.43. The predicted molar refractivity (Wildman–Crippen MR) is 84.3 cm³/mol. The number of nitrogens with one attached hydrogen (secondary N) is 2. The Balaban J connectivity index is 1.80. The lowest BCUT2D eigenvalue weighted by molar-refractivity contribution is 0.254. The minimum Gasteiger partial charge on any atom is -0.369 e. The number of aromatic nitrogens is 2. The third-order valence-electron chi connectivity index (χ3n) is 3.91. The van der Waals surface area contributed by atoms with Gasteiger partial charge in [-0.05, 0) is 33.7 Å². The molecule has 1 saturated carbocycles.